The molecule has 0 fully saturated rings. The van der Waals surface area contributed by atoms with E-state index in [4.69, 9.17) is 16.0 Å². The highest BCUT2D eigenvalue weighted by atomic mass is 35.5. The van der Waals surface area contributed by atoms with Crippen molar-refractivity contribution < 1.29 is 14.0 Å². The molecule has 0 saturated heterocycles. The molecule has 0 aliphatic heterocycles. The summed E-state index contributed by atoms with van der Waals surface area (Å²) in [6, 6.07) is 14.1. The molecule has 0 radical (unpaired) electrons. The number of aryl methyl sites for hydroxylation is 1. The average Bonchev–Trinajstić information content (AvgIpc) is 3.15. The maximum absolute atomic E-state index is 12.2. The van der Waals surface area contributed by atoms with Crippen molar-refractivity contribution in [2.24, 2.45) is 0 Å². The SMILES string of the molecule is CC(C)(C)NC(=O)c1ccc(NC(=O)CCc2ncc(-c3ccc(Cl)cc3)o2)cc1. The van der Waals surface area contributed by atoms with Gasteiger partial charge in [0.15, 0.2) is 11.7 Å². The van der Waals surface area contributed by atoms with Crippen molar-refractivity contribution in [2.45, 2.75) is 39.2 Å². The summed E-state index contributed by atoms with van der Waals surface area (Å²) in [5.41, 5.74) is 1.73. The Morgan fingerprint density at radius 3 is 2.33 bits per heavy atom. The summed E-state index contributed by atoms with van der Waals surface area (Å²) in [4.78, 5) is 28.6. The second-order valence-corrected chi connectivity index (χ2v) is 8.39. The van der Waals surface area contributed by atoms with Crippen LogP contribution in [-0.4, -0.2) is 22.3 Å². The van der Waals surface area contributed by atoms with Crippen molar-refractivity contribution in [3.63, 3.8) is 0 Å². The highest BCUT2D eigenvalue weighted by Gasteiger charge is 2.15. The van der Waals surface area contributed by atoms with E-state index in [-0.39, 0.29) is 23.8 Å². The lowest BCUT2D eigenvalue weighted by Crippen LogP contribution is -2.40. The van der Waals surface area contributed by atoms with Gasteiger partial charge in [-0.1, -0.05) is 11.6 Å². The third-order valence-corrected chi connectivity index (χ3v) is 4.42. The lowest BCUT2D eigenvalue weighted by molar-refractivity contribution is -0.116. The lowest BCUT2D eigenvalue weighted by Gasteiger charge is -2.20. The molecule has 0 saturated carbocycles. The van der Waals surface area contributed by atoms with E-state index in [1.165, 1.54) is 0 Å². The van der Waals surface area contributed by atoms with Gasteiger partial charge in [0.2, 0.25) is 5.91 Å². The van der Waals surface area contributed by atoms with Crippen LogP contribution in [0, 0.1) is 0 Å². The molecule has 2 amide bonds. The fraction of sp³-hybridized carbons (Fsp3) is 0.261. The zero-order valence-corrected chi connectivity index (χ0v) is 17.9. The zero-order chi connectivity index (χ0) is 21.7. The van der Waals surface area contributed by atoms with Crippen LogP contribution < -0.4 is 10.6 Å². The molecule has 0 spiro atoms. The Bertz CT molecular complexity index is 1020. The standard InChI is InChI=1S/C23H24ClN3O3/c1-23(2,3)27-22(29)16-6-10-18(11-7-16)26-20(28)12-13-21-25-14-19(30-21)15-4-8-17(24)9-5-15/h4-11,14H,12-13H2,1-3H3,(H,26,28)(H,27,29). The topological polar surface area (TPSA) is 84.2 Å². The largest absolute Gasteiger partial charge is 0.441 e. The van der Waals surface area contributed by atoms with Crippen LogP contribution in [0.3, 0.4) is 0 Å². The molecule has 7 heteroatoms. The summed E-state index contributed by atoms with van der Waals surface area (Å²) in [7, 11) is 0. The number of halogens is 1. The van der Waals surface area contributed by atoms with Gasteiger partial charge in [0, 0.05) is 40.2 Å². The first-order valence-electron chi connectivity index (χ1n) is 9.63. The van der Waals surface area contributed by atoms with E-state index in [1.54, 1.807) is 42.6 Å². The highest BCUT2D eigenvalue weighted by Crippen LogP contribution is 2.22. The van der Waals surface area contributed by atoms with Crippen molar-refractivity contribution in [2.75, 3.05) is 5.32 Å². The number of amides is 2. The Kier molecular flexibility index (Phi) is 6.57. The Balaban J connectivity index is 1.51. The minimum absolute atomic E-state index is 0.152. The van der Waals surface area contributed by atoms with Gasteiger partial charge in [-0.3, -0.25) is 9.59 Å². The van der Waals surface area contributed by atoms with E-state index < -0.39 is 0 Å². The van der Waals surface area contributed by atoms with E-state index in [1.807, 2.05) is 32.9 Å². The third kappa shape index (κ3) is 6.19. The number of hydrogen-bond acceptors (Lipinski definition) is 4. The van der Waals surface area contributed by atoms with Gasteiger partial charge in [-0.2, -0.15) is 0 Å². The second-order valence-electron chi connectivity index (χ2n) is 7.95. The van der Waals surface area contributed by atoms with Crippen LogP contribution in [0.25, 0.3) is 11.3 Å². The second kappa shape index (κ2) is 9.13. The Morgan fingerprint density at radius 1 is 1.03 bits per heavy atom. The smallest absolute Gasteiger partial charge is 0.251 e. The normalized spacial score (nSPS) is 11.2. The molecule has 1 aromatic heterocycles. The number of anilines is 1. The quantitative estimate of drug-likeness (QED) is 0.575. The van der Waals surface area contributed by atoms with E-state index in [2.05, 4.69) is 15.6 Å². The maximum atomic E-state index is 12.2. The molecule has 3 aromatic rings. The monoisotopic (exact) mass is 425 g/mol. The Labute approximate surface area is 180 Å². The van der Waals surface area contributed by atoms with E-state index in [0.29, 0.717) is 34.3 Å². The van der Waals surface area contributed by atoms with Gasteiger partial charge in [0.25, 0.3) is 5.91 Å². The van der Waals surface area contributed by atoms with E-state index in [0.717, 1.165) is 5.56 Å². The molecule has 1 heterocycles. The summed E-state index contributed by atoms with van der Waals surface area (Å²) in [6.07, 6.45) is 2.25. The van der Waals surface area contributed by atoms with Gasteiger partial charge in [-0.15, -0.1) is 0 Å². The molecular weight excluding hydrogens is 402 g/mol. The maximum Gasteiger partial charge on any atom is 0.251 e. The fourth-order valence-corrected chi connectivity index (χ4v) is 2.86. The molecule has 6 nitrogen and oxygen atoms in total. The summed E-state index contributed by atoms with van der Waals surface area (Å²) in [5.74, 6) is 0.810. The molecule has 2 aromatic carbocycles. The molecule has 0 unspecified atom stereocenters. The molecule has 156 valence electrons. The van der Waals surface area contributed by atoms with Gasteiger partial charge in [0.05, 0.1) is 6.20 Å². The average molecular weight is 426 g/mol. The van der Waals surface area contributed by atoms with Crippen LogP contribution >= 0.6 is 11.6 Å². The summed E-state index contributed by atoms with van der Waals surface area (Å²) >= 11 is 5.89. The highest BCUT2D eigenvalue weighted by molar-refractivity contribution is 6.30. The van der Waals surface area contributed by atoms with Crippen LogP contribution in [0.2, 0.25) is 5.02 Å². The van der Waals surface area contributed by atoms with Crippen LogP contribution in [0.1, 0.15) is 43.4 Å². The number of oxazole rings is 1. The number of aromatic nitrogens is 1. The number of nitrogens with one attached hydrogen (secondary N) is 2. The van der Waals surface area contributed by atoms with Gasteiger partial charge >= 0.3 is 0 Å². The number of nitrogens with zero attached hydrogens (tertiary/aromatic N) is 1. The van der Waals surface area contributed by atoms with Crippen molar-refractivity contribution in [1.82, 2.24) is 10.3 Å². The van der Waals surface area contributed by atoms with Crippen molar-refractivity contribution in [3.8, 4) is 11.3 Å². The Hall–Kier alpha value is -3.12. The van der Waals surface area contributed by atoms with Gasteiger partial charge in [-0.25, -0.2) is 4.98 Å². The summed E-state index contributed by atoms with van der Waals surface area (Å²) in [5, 5.41) is 6.37. The number of carbonyl (C=O) groups is 2. The van der Waals surface area contributed by atoms with Crippen LogP contribution in [0.5, 0.6) is 0 Å². The molecule has 30 heavy (non-hydrogen) atoms. The predicted molar refractivity (Wildman–Crippen MR) is 118 cm³/mol. The molecule has 0 aliphatic carbocycles. The number of rotatable bonds is 6. The number of hydrogen-bond donors (Lipinski definition) is 2. The van der Waals surface area contributed by atoms with E-state index >= 15 is 0 Å². The Morgan fingerprint density at radius 2 is 1.70 bits per heavy atom. The minimum atomic E-state index is -0.308. The molecule has 0 atom stereocenters. The van der Waals surface area contributed by atoms with E-state index in [9.17, 15) is 9.59 Å². The first-order chi connectivity index (χ1) is 14.2. The summed E-state index contributed by atoms with van der Waals surface area (Å²) in [6.45, 7) is 5.77. The van der Waals surface area contributed by atoms with Gasteiger partial charge in [0.1, 0.15) is 0 Å². The van der Waals surface area contributed by atoms with Crippen LogP contribution in [-0.2, 0) is 11.2 Å². The van der Waals surface area contributed by atoms with Crippen LogP contribution in [0.15, 0.2) is 59.1 Å². The molecule has 0 aliphatic rings. The van der Waals surface area contributed by atoms with Crippen LogP contribution in [0.4, 0.5) is 5.69 Å². The fourth-order valence-electron chi connectivity index (χ4n) is 2.74. The van der Waals surface area contributed by atoms with Crippen molar-refractivity contribution in [3.05, 3.63) is 71.2 Å². The number of benzene rings is 2. The third-order valence-electron chi connectivity index (χ3n) is 4.17. The summed E-state index contributed by atoms with van der Waals surface area (Å²) < 4.78 is 5.71. The molecule has 2 N–H and O–H groups in total. The molecule has 0 bridgehead atoms. The molecule has 3 rings (SSSR count). The van der Waals surface area contributed by atoms with Gasteiger partial charge in [-0.05, 0) is 69.3 Å². The minimum Gasteiger partial charge on any atom is -0.441 e. The zero-order valence-electron chi connectivity index (χ0n) is 17.2. The van der Waals surface area contributed by atoms with Gasteiger partial charge < -0.3 is 15.1 Å². The lowest BCUT2D eigenvalue weighted by atomic mass is 10.1. The number of carbonyl (C=O) groups excluding carboxylic acids is 2. The first kappa shape index (κ1) is 21.6. The molecular formula is C23H24ClN3O3. The van der Waals surface area contributed by atoms with Crippen molar-refractivity contribution >= 4 is 29.1 Å². The van der Waals surface area contributed by atoms with Crippen molar-refractivity contribution in [1.29, 1.82) is 0 Å². The first-order valence-corrected chi connectivity index (χ1v) is 10.0. The predicted octanol–water partition coefficient (Wildman–Crippen LogP) is 5.09.